The van der Waals surface area contributed by atoms with Gasteiger partial charge >= 0.3 is 0 Å². The van der Waals surface area contributed by atoms with Crippen molar-refractivity contribution in [2.45, 2.75) is 13.8 Å². The van der Waals surface area contributed by atoms with Crippen molar-refractivity contribution >= 4 is 11.6 Å². The van der Waals surface area contributed by atoms with E-state index in [1.165, 1.54) is 0 Å². The molecule has 4 rings (SSSR count). The molecule has 0 aliphatic rings. The number of benzene rings is 3. The summed E-state index contributed by atoms with van der Waals surface area (Å²) in [6, 6.07) is 25.3. The van der Waals surface area contributed by atoms with E-state index in [1.54, 1.807) is 4.68 Å². The van der Waals surface area contributed by atoms with E-state index < -0.39 is 0 Å². The Balaban J connectivity index is 1.73. The molecule has 0 unspecified atom stereocenters. The van der Waals surface area contributed by atoms with E-state index in [0.29, 0.717) is 11.5 Å². The molecule has 0 fully saturated rings. The predicted octanol–water partition coefficient (Wildman–Crippen LogP) is 4.80. The molecule has 1 aromatic heterocycles. The van der Waals surface area contributed by atoms with Gasteiger partial charge in [-0.1, -0.05) is 65.7 Å². The molecule has 0 radical (unpaired) electrons. The third-order valence-corrected chi connectivity index (χ3v) is 4.43. The van der Waals surface area contributed by atoms with Crippen LogP contribution in [0, 0.1) is 13.8 Å². The van der Waals surface area contributed by atoms with Crippen molar-refractivity contribution in [3.05, 3.63) is 95.8 Å². The van der Waals surface area contributed by atoms with Gasteiger partial charge in [0, 0.05) is 11.3 Å². The van der Waals surface area contributed by atoms with Crippen LogP contribution in [0.4, 0.5) is 5.69 Å². The van der Waals surface area contributed by atoms with Crippen molar-refractivity contribution in [3.8, 4) is 17.1 Å². The van der Waals surface area contributed by atoms with Crippen LogP contribution in [0.3, 0.4) is 0 Å². The zero-order valence-electron chi connectivity index (χ0n) is 15.8. The molecule has 3 aromatic carbocycles. The molecule has 0 saturated carbocycles. The molecule has 28 heavy (non-hydrogen) atoms. The van der Waals surface area contributed by atoms with Crippen molar-refractivity contribution in [2.75, 3.05) is 5.32 Å². The Morgan fingerprint density at radius 2 is 1.43 bits per heavy atom. The molecule has 5 heteroatoms. The fourth-order valence-corrected chi connectivity index (χ4v) is 2.87. The summed E-state index contributed by atoms with van der Waals surface area (Å²) in [6.07, 6.45) is 0. The van der Waals surface area contributed by atoms with E-state index in [-0.39, 0.29) is 11.7 Å². The molecule has 0 saturated heterocycles. The second kappa shape index (κ2) is 7.48. The number of aromatic nitrogens is 3. The van der Waals surface area contributed by atoms with Gasteiger partial charge in [0.25, 0.3) is 5.91 Å². The van der Waals surface area contributed by atoms with Crippen molar-refractivity contribution in [2.24, 2.45) is 0 Å². The van der Waals surface area contributed by atoms with Crippen molar-refractivity contribution in [1.82, 2.24) is 14.8 Å². The molecular formula is C23H20N4O. The number of amides is 1. The lowest BCUT2D eigenvalue weighted by molar-refractivity contribution is 0.101. The molecule has 0 atom stereocenters. The molecule has 0 spiro atoms. The van der Waals surface area contributed by atoms with Gasteiger partial charge < -0.3 is 5.32 Å². The lowest BCUT2D eigenvalue weighted by Gasteiger charge is -2.05. The largest absolute Gasteiger partial charge is 0.319 e. The van der Waals surface area contributed by atoms with Crippen molar-refractivity contribution in [1.29, 1.82) is 0 Å². The first-order valence-electron chi connectivity index (χ1n) is 9.08. The van der Waals surface area contributed by atoms with Gasteiger partial charge in [-0.2, -0.15) is 0 Å². The monoisotopic (exact) mass is 368 g/mol. The summed E-state index contributed by atoms with van der Waals surface area (Å²) < 4.78 is 1.70. The van der Waals surface area contributed by atoms with E-state index >= 15 is 0 Å². The van der Waals surface area contributed by atoms with E-state index in [4.69, 9.17) is 0 Å². The zero-order chi connectivity index (χ0) is 19.5. The number of anilines is 1. The number of nitrogens with one attached hydrogen (secondary N) is 1. The summed E-state index contributed by atoms with van der Waals surface area (Å²) in [4.78, 5) is 17.3. The van der Waals surface area contributed by atoms with Crippen LogP contribution in [-0.2, 0) is 0 Å². The number of rotatable bonds is 4. The van der Waals surface area contributed by atoms with Gasteiger partial charge in [-0.3, -0.25) is 4.79 Å². The topological polar surface area (TPSA) is 59.8 Å². The normalized spacial score (nSPS) is 10.6. The highest BCUT2D eigenvalue weighted by atomic mass is 16.2. The van der Waals surface area contributed by atoms with Gasteiger partial charge in [-0.15, -0.1) is 5.10 Å². The quantitative estimate of drug-likeness (QED) is 0.563. The van der Waals surface area contributed by atoms with Crippen LogP contribution in [0.1, 0.15) is 21.7 Å². The van der Waals surface area contributed by atoms with Gasteiger partial charge in [0.05, 0.1) is 5.69 Å². The summed E-state index contributed by atoms with van der Waals surface area (Å²) >= 11 is 0. The highest BCUT2D eigenvalue weighted by Gasteiger charge is 2.19. The molecule has 1 heterocycles. The van der Waals surface area contributed by atoms with E-state index in [2.05, 4.69) is 15.4 Å². The van der Waals surface area contributed by atoms with Gasteiger partial charge in [0.15, 0.2) is 5.82 Å². The van der Waals surface area contributed by atoms with E-state index in [0.717, 1.165) is 22.4 Å². The molecule has 1 amide bonds. The third kappa shape index (κ3) is 3.69. The molecular weight excluding hydrogens is 348 g/mol. The minimum absolute atomic E-state index is 0.125. The first kappa shape index (κ1) is 17.7. The number of hydrogen-bond acceptors (Lipinski definition) is 3. The molecule has 138 valence electrons. The first-order valence-corrected chi connectivity index (χ1v) is 9.08. The maximum Gasteiger partial charge on any atom is 0.295 e. The Bertz CT molecular complexity index is 1100. The Labute approximate surface area is 163 Å². The first-order chi connectivity index (χ1) is 13.6. The lowest BCUT2D eigenvalue weighted by atomic mass is 10.1. The fourth-order valence-electron chi connectivity index (χ4n) is 2.87. The van der Waals surface area contributed by atoms with Gasteiger partial charge in [0.1, 0.15) is 0 Å². The van der Waals surface area contributed by atoms with Crippen LogP contribution in [0.25, 0.3) is 17.1 Å². The van der Waals surface area contributed by atoms with E-state index in [9.17, 15) is 4.79 Å². The second-order valence-corrected chi connectivity index (χ2v) is 6.69. The second-order valence-electron chi connectivity index (χ2n) is 6.69. The maximum atomic E-state index is 12.7. The highest BCUT2D eigenvalue weighted by Crippen LogP contribution is 2.22. The molecule has 0 aliphatic carbocycles. The molecule has 0 bridgehead atoms. The van der Waals surface area contributed by atoms with Crippen molar-refractivity contribution in [3.63, 3.8) is 0 Å². The van der Waals surface area contributed by atoms with Gasteiger partial charge in [0.2, 0.25) is 5.82 Å². The average molecular weight is 368 g/mol. The summed E-state index contributed by atoms with van der Waals surface area (Å²) in [5.41, 5.74) is 4.75. The predicted molar refractivity (Wildman–Crippen MR) is 111 cm³/mol. The average Bonchev–Trinajstić information content (AvgIpc) is 3.16. The number of hydrogen-bond donors (Lipinski definition) is 1. The van der Waals surface area contributed by atoms with Crippen molar-refractivity contribution < 1.29 is 4.79 Å². The number of carbonyl (C=O) groups excluding carboxylic acids is 1. The Morgan fingerprint density at radius 3 is 2.07 bits per heavy atom. The van der Waals surface area contributed by atoms with Gasteiger partial charge in [-0.25, -0.2) is 9.67 Å². The maximum absolute atomic E-state index is 12.7. The Hall–Kier alpha value is -3.73. The summed E-state index contributed by atoms with van der Waals surface area (Å²) in [7, 11) is 0. The number of para-hydroxylation sites is 1. The molecule has 4 aromatic rings. The Kier molecular flexibility index (Phi) is 4.72. The SMILES string of the molecule is Cc1ccc(NC(=O)c2nc(-c3ccc(C)cc3)n(-c3ccccc3)n2)cc1. The standard InChI is InChI=1S/C23H20N4O/c1-16-8-12-18(13-9-16)22-25-21(26-27(22)20-6-4-3-5-7-20)23(28)24-19-14-10-17(2)11-15-19/h3-15H,1-2H3,(H,24,28). The molecule has 1 N–H and O–H groups in total. The summed E-state index contributed by atoms with van der Waals surface area (Å²) in [6.45, 7) is 4.04. The lowest BCUT2D eigenvalue weighted by Crippen LogP contribution is -2.14. The summed E-state index contributed by atoms with van der Waals surface area (Å²) in [5.74, 6) is 0.409. The van der Waals surface area contributed by atoms with Crippen LogP contribution in [0.15, 0.2) is 78.9 Å². The molecule has 5 nitrogen and oxygen atoms in total. The van der Waals surface area contributed by atoms with Crippen LogP contribution < -0.4 is 5.32 Å². The smallest absolute Gasteiger partial charge is 0.295 e. The number of carbonyl (C=O) groups is 1. The minimum Gasteiger partial charge on any atom is -0.319 e. The van der Waals surface area contributed by atoms with Crippen LogP contribution in [0.5, 0.6) is 0 Å². The Morgan fingerprint density at radius 1 is 0.821 bits per heavy atom. The number of aryl methyl sites for hydroxylation is 2. The number of nitrogens with zero attached hydrogens (tertiary/aromatic N) is 3. The van der Waals surface area contributed by atoms with Gasteiger partial charge in [-0.05, 0) is 38.1 Å². The van der Waals surface area contributed by atoms with Crippen LogP contribution in [-0.4, -0.2) is 20.7 Å². The highest BCUT2D eigenvalue weighted by molar-refractivity contribution is 6.01. The fraction of sp³-hybridized carbons (Fsp3) is 0.0870. The minimum atomic E-state index is -0.341. The zero-order valence-corrected chi connectivity index (χ0v) is 15.8. The van der Waals surface area contributed by atoms with Crippen LogP contribution in [0.2, 0.25) is 0 Å². The van der Waals surface area contributed by atoms with Crippen LogP contribution >= 0.6 is 0 Å². The summed E-state index contributed by atoms with van der Waals surface area (Å²) in [5, 5.41) is 7.35. The third-order valence-electron chi connectivity index (χ3n) is 4.43. The molecule has 0 aliphatic heterocycles. The van der Waals surface area contributed by atoms with E-state index in [1.807, 2.05) is 92.7 Å².